The lowest BCUT2D eigenvalue weighted by Crippen LogP contribution is -2.26. The Kier molecular flexibility index (Phi) is 4.51. The van der Waals surface area contributed by atoms with Crippen molar-refractivity contribution in [2.24, 2.45) is 0 Å². The zero-order valence-corrected chi connectivity index (χ0v) is 12.9. The first-order valence-electron chi connectivity index (χ1n) is 5.65. The molecule has 20 heavy (non-hydrogen) atoms. The molecule has 2 aromatic heterocycles. The summed E-state index contributed by atoms with van der Waals surface area (Å²) in [6, 6.07) is 4.75. The molecular formula is C13H11BrN2O3S. The molecule has 0 atom stereocenters. The Labute approximate surface area is 128 Å². The van der Waals surface area contributed by atoms with E-state index in [0.29, 0.717) is 12.1 Å². The number of carbonyl (C=O) groups excluding carboxylic acids is 1. The Morgan fingerprint density at radius 2 is 2.20 bits per heavy atom. The molecule has 0 aliphatic heterocycles. The highest BCUT2D eigenvalue weighted by Crippen LogP contribution is 2.21. The quantitative estimate of drug-likeness (QED) is 0.916. The number of thiophene rings is 1. The molecule has 2 aromatic rings. The topological polar surface area (TPSA) is 70.5 Å². The molecule has 0 saturated heterocycles. The van der Waals surface area contributed by atoms with Crippen molar-refractivity contribution >= 4 is 39.1 Å². The van der Waals surface area contributed by atoms with Crippen molar-refractivity contribution in [3.05, 3.63) is 50.4 Å². The van der Waals surface area contributed by atoms with E-state index < -0.39 is 5.97 Å². The van der Waals surface area contributed by atoms with Gasteiger partial charge in [0.25, 0.3) is 5.91 Å². The van der Waals surface area contributed by atoms with Gasteiger partial charge in [0.1, 0.15) is 5.69 Å². The van der Waals surface area contributed by atoms with E-state index in [1.807, 2.05) is 11.4 Å². The maximum atomic E-state index is 12.2. The molecule has 104 valence electrons. The zero-order chi connectivity index (χ0) is 14.7. The van der Waals surface area contributed by atoms with Crippen LogP contribution >= 0.6 is 27.3 Å². The van der Waals surface area contributed by atoms with E-state index in [0.717, 1.165) is 9.35 Å². The predicted octanol–water partition coefficient (Wildman–Crippen LogP) is 2.88. The number of rotatable bonds is 4. The summed E-state index contributed by atoms with van der Waals surface area (Å²) in [5, 5.41) is 10.7. The first-order chi connectivity index (χ1) is 9.47. The number of carboxylic acid groups (broad SMARTS) is 1. The Balaban J connectivity index is 2.08. The number of aromatic nitrogens is 1. The number of pyridine rings is 1. The summed E-state index contributed by atoms with van der Waals surface area (Å²) in [6.45, 7) is 0.488. The van der Waals surface area contributed by atoms with Gasteiger partial charge in [-0.05, 0) is 45.1 Å². The maximum Gasteiger partial charge on any atom is 0.354 e. The molecule has 0 fully saturated rings. The second kappa shape index (κ2) is 6.15. The third kappa shape index (κ3) is 3.43. The van der Waals surface area contributed by atoms with Gasteiger partial charge in [-0.25, -0.2) is 9.78 Å². The molecule has 0 radical (unpaired) electrons. The van der Waals surface area contributed by atoms with Crippen molar-refractivity contribution in [3.8, 4) is 0 Å². The van der Waals surface area contributed by atoms with Gasteiger partial charge in [-0.15, -0.1) is 11.3 Å². The minimum atomic E-state index is -1.11. The van der Waals surface area contributed by atoms with E-state index >= 15 is 0 Å². The van der Waals surface area contributed by atoms with Crippen LogP contribution in [0, 0.1) is 0 Å². The van der Waals surface area contributed by atoms with Crippen LogP contribution in [-0.2, 0) is 6.54 Å². The Morgan fingerprint density at radius 3 is 2.70 bits per heavy atom. The lowest BCUT2D eigenvalue weighted by Gasteiger charge is -2.16. The van der Waals surface area contributed by atoms with Gasteiger partial charge >= 0.3 is 5.97 Å². The van der Waals surface area contributed by atoms with Gasteiger partial charge in [-0.2, -0.15) is 0 Å². The molecule has 5 nitrogen and oxygen atoms in total. The van der Waals surface area contributed by atoms with E-state index in [9.17, 15) is 9.59 Å². The largest absolute Gasteiger partial charge is 0.477 e. The van der Waals surface area contributed by atoms with Crippen LogP contribution in [0.25, 0.3) is 0 Å². The van der Waals surface area contributed by atoms with E-state index in [-0.39, 0.29) is 11.6 Å². The number of hydrogen-bond acceptors (Lipinski definition) is 4. The average molecular weight is 355 g/mol. The second-order valence-corrected chi connectivity index (χ2v) is 6.45. The smallest absolute Gasteiger partial charge is 0.354 e. The van der Waals surface area contributed by atoms with Gasteiger partial charge in [0, 0.05) is 19.8 Å². The molecule has 2 heterocycles. The van der Waals surface area contributed by atoms with Crippen LogP contribution in [0.3, 0.4) is 0 Å². The molecule has 0 saturated carbocycles. The van der Waals surface area contributed by atoms with Crippen molar-refractivity contribution in [2.45, 2.75) is 6.54 Å². The number of hydrogen-bond donors (Lipinski definition) is 1. The number of nitrogens with zero attached hydrogens (tertiary/aromatic N) is 2. The molecule has 0 aliphatic carbocycles. The highest BCUT2D eigenvalue weighted by molar-refractivity contribution is 9.11. The summed E-state index contributed by atoms with van der Waals surface area (Å²) < 4.78 is 1.01. The minimum absolute atomic E-state index is 0.0778. The molecule has 0 bridgehead atoms. The predicted molar refractivity (Wildman–Crippen MR) is 79.0 cm³/mol. The number of carboxylic acids is 1. The second-order valence-electron chi connectivity index (χ2n) is 4.16. The van der Waals surface area contributed by atoms with E-state index in [2.05, 4.69) is 20.9 Å². The van der Waals surface area contributed by atoms with Crippen molar-refractivity contribution in [3.63, 3.8) is 0 Å². The van der Waals surface area contributed by atoms with Crippen LogP contribution in [0.1, 0.15) is 26.4 Å². The molecule has 7 heteroatoms. The fourth-order valence-electron chi connectivity index (χ4n) is 1.64. The van der Waals surface area contributed by atoms with Crippen LogP contribution in [0.2, 0.25) is 0 Å². The van der Waals surface area contributed by atoms with Crippen LogP contribution in [-0.4, -0.2) is 33.9 Å². The monoisotopic (exact) mass is 354 g/mol. The molecular weight excluding hydrogens is 344 g/mol. The Hall–Kier alpha value is -1.73. The fraction of sp³-hybridized carbons (Fsp3) is 0.154. The highest BCUT2D eigenvalue weighted by Gasteiger charge is 2.14. The summed E-state index contributed by atoms with van der Waals surface area (Å²) in [5.41, 5.74) is 1.32. The van der Waals surface area contributed by atoms with Crippen LogP contribution in [0.5, 0.6) is 0 Å². The van der Waals surface area contributed by atoms with Gasteiger partial charge in [0.2, 0.25) is 0 Å². The third-order valence-corrected chi connectivity index (χ3v) is 4.17. The summed E-state index contributed by atoms with van der Waals surface area (Å²) in [5.74, 6) is -1.31. The number of halogens is 1. The lowest BCUT2D eigenvalue weighted by atomic mass is 10.2. The van der Waals surface area contributed by atoms with Crippen LogP contribution in [0.4, 0.5) is 0 Å². The summed E-state index contributed by atoms with van der Waals surface area (Å²) in [4.78, 5) is 28.2. The maximum absolute atomic E-state index is 12.2. The summed E-state index contributed by atoms with van der Waals surface area (Å²) in [7, 11) is 1.69. The molecule has 0 spiro atoms. The lowest BCUT2D eigenvalue weighted by molar-refractivity contribution is 0.0688. The van der Waals surface area contributed by atoms with Crippen molar-refractivity contribution in [2.75, 3.05) is 7.05 Å². The zero-order valence-electron chi connectivity index (χ0n) is 10.5. The third-order valence-electron chi connectivity index (χ3n) is 2.62. The van der Waals surface area contributed by atoms with Crippen molar-refractivity contribution in [1.82, 2.24) is 9.88 Å². The first-order valence-corrected chi connectivity index (χ1v) is 7.32. The molecule has 1 amide bonds. The average Bonchev–Trinajstić information content (AvgIpc) is 2.83. The van der Waals surface area contributed by atoms with E-state index in [1.54, 1.807) is 23.3 Å². The first kappa shape index (κ1) is 14.7. The van der Waals surface area contributed by atoms with Crippen LogP contribution < -0.4 is 0 Å². The molecule has 0 aromatic carbocycles. The van der Waals surface area contributed by atoms with Crippen molar-refractivity contribution in [1.29, 1.82) is 0 Å². The normalized spacial score (nSPS) is 10.3. The molecule has 0 aliphatic rings. The highest BCUT2D eigenvalue weighted by atomic mass is 79.9. The number of amides is 1. The van der Waals surface area contributed by atoms with Gasteiger partial charge in [0.05, 0.1) is 9.35 Å². The van der Waals surface area contributed by atoms with Gasteiger partial charge in [-0.1, -0.05) is 0 Å². The summed E-state index contributed by atoms with van der Waals surface area (Å²) in [6.07, 6.45) is 1.28. The Morgan fingerprint density at radius 1 is 1.45 bits per heavy atom. The molecule has 2 rings (SSSR count). The summed E-state index contributed by atoms with van der Waals surface area (Å²) >= 11 is 4.94. The fourth-order valence-corrected chi connectivity index (χ4v) is 2.84. The Bertz CT molecular complexity index is 639. The van der Waals surface area contributed by atoms with Crippen molar-refractivity contribution < 1.29 is 14.7 Å². The van der Waals surface area contributed by atoms with Gasteiger partial charge in [-0.3, -0.25) is 4.79 Å². The SMILES string of the molecule is CN(Cc1csc(Br)c1)C(=O)c1ccc(C(=O)O)nc1. The van der Waals surface area contributed by atoms with E-state index in [1.165, 1.54) is 18.3 Å². The van der Waals surface area contributed by atoms with E-state index in [4.69, 9.17) is 5.11 Å². The van der Waals surface area contributed by atoms with Crippen LogP contribution in [0.15, 0.2) is 33.6 Å². The number of carbonyl (C=O) groups is 2. The molecule has 0 unspecified atom stereocenters. The molecule has 1 N–H and O–H groups in total. The minimum Gasteiger partial charge on any atom is -0.477 e. The standard InChI is InChI=1S/C13H11BrN2O3S/c1-16(6-8-4-11(14)20-7-8)12(17)9-2-3-10(13(18)19)15-5-9/h2-5,7H,6H2,1H3,(H,18,19). The number of aromatic carboxylic acids is 1. The van der Waals surface area contributed by atoms with Gasteiger partial charge in [0.15, 0.2) is 0 Å². The van der Waals surface area contributed by atoms with Gasteiger partial charge < -0.3 is 10.0 Å².